The fraction of sp³-hybridized carbons (Fsp3) is 0.474. The van der Waals surface area contributed by atoms with Crippen LogP contribution >= 0.6 is 0 Å². The van der Waals surface area contributed by atoms with E-state index in [1.54, 1.807) is 0 Å². The van der Waals surface area contributed by atoms with E-state index in [-0.39, 0.29) is 18.1 Å². The van der Waals surface area contributed by atoms with Gasteiger partial charge in [-0.1, -0.05) is 38.7 Å². The van der Waals surface area contributed by atoms with Gasteiger partial charge in [0.05, 0.1) is 6.26 Å². The lowest BCUT2D eigenvalue weighted by Gasteiger charge is -2.19. The number of benzene rings is 1. The standard InChI is InChI=1S/C19H27N3O7S/c1-3-4-5-6-7-13(10-12-8-9-15(23)17(25)16(12)24)20-18(26)14-11-29-19(21-14)22-30(2,27)28/h8-9,11,13,23-25H,3-7,10H2,1-2H3,(H,20,26)(H,21,22). The first kappa shape index (κ1) is 23.3. The van der Waals surface area contributed by atoms with Crippen LogP contribution in [0.3, 0.4) is 0 Å². The van der Waals surface area contributed by atoms with Gasteiger partial charge < -0.3 is 25.1 Å². The third-order valence-corrected chi connectivity index (χ3v) is 4.98. The van der Waals surface area contributed by atoms with Crippen molar-refractivity contribution in [3.05, 3.63) is 29.7 Å². The second kappa shape index (κ2) is 10.2. The topological polar surface area (TPSA) is 162 Å². The molecule has 0 saturated carbocycles. The van der Waals surface area contributed by atoms with E-state index in [9.17, 15) is 28.5 Å². The van der Waals surface area contributed by atoms with Gasteiger partial charge >= 0.3 is 6.01 Å². The zero-order valence-corrected chi connectivity index (χ0v) is 17.7. The Kier molecular flexibility index (Phi) is 7.93. The van der Waals surface area contributed by atoms with Crippen LogP contribution in [-0.2, 0) is 16.4 Å². The average molecular weight is 442 g/mol. The first-order valence-electron chi connectivity index (χ1n) is 9.57. The smallest absolute Gasteiger partial charge is 0.309 e. The van der Waals surface area contributed by atoms with Crippen LogP contribution in [0.5, 0.6) is 17.2 Å². The molecule has 2 rings (SSSR count). The summed E-state index contributed by atoms with van der Waals surface area (Å²) >= 11 is 0. The van der Waals surface area contributed by atoms with Gasteiger partial charge in [0.1, 0.15) is 6.26 Å². The summed E-state index contributed by atoms with van der Waals surface area (Å²) in [5.74, 6) is -2.06. The van der Waals surface area contributed by atoms with Crippen molar-refractivity contribution in [2.24, 2.45) is 0 Å². The number of carbonyl (C=O) groups is 1. The van der Waals surface area contributed by atoms with Crippen molar-refractivity contribution >= 4 is 21.9 Å². The van der Waals surface area contributed by atoms with E-state index in [4.69, 9.17) is 4.42 Å². The van der Waals surface area contributed by atoms with Gasteiger partial charge in [-0.3, -0.25) is 4.79 Å². The maximum atomic E-state index is 12.6. The normalized spacial score (nSPS) is 12.5. The van der Waals surface area contributed by atoms with Gasteiger partial charge in [0.2, 0.25) is 15.8 Å². The summed E-state index contributed by atoms with van der Waals surface area (Å²) in [6, 6.07) is 2.02. The summed E-state index contributed by atoms with van der Waals surface area (Å²) in [6.45, 7) is 2.09. The molecule has 5 N–H and O–H groups in total. The lowest BCUT2D eigenvalue weighted by atomic mass is 9.98. The summed E-state index contributed by atoms with van der Waals surface area (Å²) in [6.07, 6.45) is 6.71. The molecule has 0 aliphatic rings. The van der Waals surface area contributed by atoms with Gasteiger partial charge in [0, 0.05) is 11.6 Å². The van der Waals surface area contributed by atoms with Gasteiger partial charge in [-0.15, -0.1) is 0 Å². The Hall–Kier alpha value is -2.95. The van der Waals surface area contributed by atoms with Gasteiger partial charge in [-0.25, -0.2) is 13.1 Å². The Balaban J connectivity index is 2.12. The molecule has 1 heterocycles. The zero-order valence-electron chi connectivity index (χ0n) is 16.9. The Labute approximate surface area is 175 Å². The number of hydrogen-bond donors (Lipinski definition) is 5. The number of nitrogens with one attached hydrogen (secondary N) is 2. The number of carbonyl (C=O) groups excluding carboxylic acids is 1. The quantitative estimate of drug-likeness (QED) is 0.262. The number of aromatic nitrogens is 1. The minimum atomic E-state index is -3.59. The van der Waals surface area contributed by atoms with Crippen molar-refractivity contribution in [1.82, 2.24) is 10.3 Å². The molecular weight excluding hydrogens is 414 g/mol. The van der Waals surface area contributed by atoms with Crippen molar-refractivity contribution < 1.29 is 32.9 Å². The highest BCUT2D eigenvalue weighted by atomic mass is 32.2. The maximum absolute atomic E-state index is 12.6. The summed E-state index contributed by atoms with van der Waals surface area (Å²) in [5.41, 5.74) is 0.267. The molecule has 1 atom stereocenters. The molecule has 0 bridgehead atoms. The van der Waals surface area contributed by atoms with E-state index in [1.165, 1.54) is 12.1 Å². The van der Waals surface area contributed by atoms with Gasteiger partial charge in [-0.2, -0.15) is 4.98 Å². The highest BCUT2D eigenvalue weighted by Crippen LogP contribution is 2.37. The first-order valence-corrected chi connectivity index (χ1v) is 11.5. The van der Waals surface area contributed by atoms with Crippen LogP contribution < -0.4 is 10.0 Å². The zero-order chi connectivity index (χ0) is 22.3. The Bertz CT molecular complexity index is 973. The minimum absolute atomic E-state index is 0.0996. The van der Waals surface area contributed by atoms with E-state index >= 15 is 0 Å². The lowest BCUT2D eigenvalue weighted by molar-refractivity contribution is 0.0929. The summed E-state index contributed by atoms with van der Waals surface area (Å²) in [5, 5.41) is 32.1. The van der Waals surface area contributed by atoms with Crippen molar-refractivity contribution in [3.63, 3.8) is 0 Å². The van der Waals surface area contributed by atoms with E-state index in [0.29, 0.717) is 12.0 Å². The minimum Gasteiger partial charge on any atom is -0.504 e. The number of anilines is 1. The fourth-order valence-electron chi connectivity index (χ4n) is 2.93. The third kappa shape index (κ3) is 6.83. The number of amides is 1. The van der Waals surface area contributed by atoms with E-state index < -0.39 is 39.2 Å². The van der Waals surface area contributed by atoms with Crippen molar-refractivity contribution in [2.75, 3.05) is 11.0 Å². The number of aromatic hydroxyl groups is 3. The van der Waals surface area contributed by atoms with Crippen LogP contribution in [0.4, 0.5) is 6.01 Å². The van der Waals surface area contributed by atoms with Crippen LogP contribution in [0.1, 0.15) is 55.1 Å². The maximum Gasteiger partial charge on any atom is 0.309 e. The van der Waals surface area contributed by atoms with E-state index in [0.717, 1.165) is 38.2 Å². The Morgan fingerprint density at radius 3 is 2.57 bits per heavy atom. The van der Waals surface area contributed by atoms with Crippen molar-refractivity contribution in [1.29, 1.82) is 0 Å². The molecule has 0 spiro atoms. The first-order chi connectivity index (χ1) is 14.1. The molecule has 10 nitrogen and oxygen atoms in total. The number of unbranched alkanes of at least 4 members (excludes halogenated alkanes) is 3. The largest absolute Gasteiger partial charge is 0.504 e. The highest BCUT2D eigenvalue weighted by molar-refractivity contribution is 7.91. The lowest BCUT2D eigenvalue weighted by Crippen LogP contribution is -2.36. The third-order valence-electron chi connectivity index (χ3n) is 4.43. The van der Waals surface area contributed by atoms with Crippen molar-refractivity contribution in [3.8, 4) is 17.2 Å². The molecule has 0 saturated heterocycles. The molecule has 2 aromatic rings. The molecule has 0 radical (unpaired) electrons. The van der Waals surface area contributed by atoms with Crippen LogP contribution in [0, 0.1) is 0 Å². The molecule has 0 aliphatic heterocycles. The number of nitrogens with zero attached hydrogens (tertiary/aromatic N) is 1. The number of phenols is 3. The second-order valence-electron chi connectivity index (χ2n) is 7.08. The van der Waals surface area contributed by atoms with Crippen LogP contribution in [0.25, 0.3) is 0 Å². The summed E-state index contributed by atoms with van der Waals surface area (Å²) < 4.78 is 29.5. The summed E-state index contributed by atoms with van der Waals surface area (Å²) in [7, 11) is -3.59. The monoisotopic (exact) mass is 441 g/mol. The number of oxazole rings is 1. The molecule has 1 unspecified atom stereocenters. The molecule has 0 aliphatic carbocycles. The number of rotatable bonds is 11. The summed E-state index contributed by atoms with van der Waals surface area (Å²) in [4.78, 5) is 16.4. The van der Waals surface area contributed by atoms with E-state index in [2.05, 4.69) is 17.2 Å². The number of hydrogen-bond acceptors (Lipinski definition) is 8. The van der Waals surface area contributed by atoms with Crippen LogP contribution in [0.15, 0.2) is 22.8 Å². The SMILES string of the molecule is CCCCCCC(Cc1ccc(O)c(O)c1O)NC(=O)c1coc(NS(C)(=O)=O)n1. The average Bonchev–Trinajstić information content (AvgIpc) is 3.12. The predicted octanol–water partition coefficient (Wildman–Crippen LogP) is 2.47. The number of sulfonamides is 1. The van der Waals surface area contributed by atoms with E-state index in [1.807, 2.05) is 4.72 Å². The van der Waals surface area contributed by atoms with Crippen molar-refractivity contribution in [2.45, 2.75) is 51.5 Å². The van der Waals surface area contributed by atoms with Gasteiger partial charge in [0.25, 0.3) is 5.91 Å². The molecule has 11 heteroatoms. The molecule has 1 aromatic heterocycles. The molecule has 1 aromatic carbocycles. The Morgan fingerprint density at radius 2 is 1.90 bits per heavy atom. The Morgan fingerprint density at radius 1 is 1.17 bits per heavy atom. The molecular formula is C19H27N3O7S. The molecule has 1 amide bonds. The van der Waals surface area contributed by atoms with Gasteiger partial charge in [0.15, 0.2) is 17.2 Å². The van der Waals surface area contributed by atoms with Gasteiger partial charge in [-0.05, 0) is 18.9 Å². The number of phenolic OH excluding ortho intramolecular Hbond substituents is 3. The van der Waals surface area contributed by atoms with Crippen LogP contribution in [0.2, 0.25) is 0 Å². The predicted molar refractivity (Wildman–Crippen MR) is 110 cm³/mol. The second-order valence-corrected chi connectivity index (χ2v) is 8.83. The molecule has 0 fully saturated rings. The van der Waals surface area contributed by atoms with Crippen LogP contribution in [-0.4, -0.2) is 46.9 Å². The highest BCUT2D eigenvalue weighted by Gasteiger charge is 2.21. The molecule has 30 heavy (non-hydrogen) atoms. The fourth-order valence-corrected chi connectivity index (χ4v) is 3.34. The molecule has 166 valence electrons.